The Morgan fingerprint density at radius 3 is 2.55 bits per heavy atom. The number of hydrogen-bond donors (Lipinski definition) is 2. The number of nitrogens with one attached hydrogen (secondary N) is 2. The van der Waals surface area contributed by atoms with E-state index in [4.69, 9.17) is 23.2 Å². The van der Waals surface area contributed by atoms with Crippen molar-refractivity contribution in [3.05, 3.63) is 27.7 Å². The van der Waals surface area contributed by atoms with E-state index in [1.54, 1.807) is 6.07 Å². The van der Waals surface area contributed by atoms with Gasteiger partial charge in [-0.25, -0.2) is 13.1 Å². The van der Waals surface area contributed by atoms with Gasteiger partial charge in [-0.3, -0.25) is 0 Å². The number of sulfonamides is 1. The van der Waals surface area contributed by atoms with Crippen LogP contribution < -0.4 is 10.0 Å². The zero-order valence-corrected chi connectivity index (χ0v) is 13.6. The van der Waals surface area contributed by atoms with E-state index in [0.717, 1.165) is 25.8 Å². The Morgan fingerprint density at radius 1 is 1.30 bits per heavy atom. The SMILES string of the molecule is CCNCc1c(Cl)ccc(S(=O)(=O)NC2CCC2)c1Cl. The summed E-state index contributed by atoms with van der Waals surface area (Å²) >= 11 is 12.3. The lowest BCUT2D eigenvalue weighted by Gasteiger charge is -2.26. The first-order valence-electron chi connectivity index (χ1n) is 6.65. The number of benzene rings is 1. The molecule has 1 aromatic carbocycles. The van der Waals surface area contributed by atoms with Crippen LogP contribution in [0.5, 0.6) is 0 Å². The highest BCUT2D eigenvalue weighted by Gasteiger charge is 2.27. The minimum Gasteiger partial charge on any atom is -0.313 e. The zero-order valence-electron chi connectivity index (χ0n) is 11.2. The normalized spacial score (nSPS) is 16.1. The van der Waals surface area contributed by atoms with E-state index in [2.05, 4.69) is 10.0 Å². The van der Waals surface area contributed by atoms with Crippen LogP contribution in [-0.2, 0) is 16.6 Å². The molecule has 0 aromatic heterocycles. The predicted octanol–water partition coefficient (Wildman–Crippen LogP) is 2.93. The molecular weight excluding hydrogens is 319 g/mol. The lowest BCUT2D eigenvalue weighted by Crippen LogP contribution is -2.39. The molecule has 0 atom stereocenters. The Hall–Kier alpha value is -0.330. The Kier molecular flexibility index (Phi) is 5.31. The molecule has 0 radical (unpaired) electrons. The molecule has 112 valence electrons. The summed E-state index contributed by atoms with van der Waals surface area (Å²) in [7, 11) is -3.58. The molecule has 1 aliphatic rings. The molecule has 20 heavy (non-hydrogen) atoms. The first kappa shape index (κ1) is 16.0. The van der Waals surface area contributed by atoms with Gasteiger partial charge in [0.1, 0.15) is 4.90 Å². The molecule has 0 amide bonds. The maximum atomic E-state index is 12.3. The van der Waals surface area contributed by atoms with Crippen molar-refractivity contribution in [3.8, 4) is 0 Å². The van der Waals surface area contributed by atoms with Crippen molar-refractivity contribution in [1.29, 1.82) is 0 Å². The summed E-state index contributed by atoms with van der Waals surface area (Å²) in [6.07, 6.45) is 2.83. The Morgan fingerprint density at radius 2 is 2.00 bits per heavy atom. The highest BCUT2D eigenvalue weighted by atomic mass is 35.5. The molecular formula is C13H18Cl2N2O2S. The maximum absolute atomic E-state index is 12.3. The van der Waals surface area contributed by atoms with Crippen molar-refractivity contribution in [2.45, 2.75) is 43.7 Å². The molecule has 0 saturated heterocycles. The summed E-state index contributed by atoms with van der Waals surface area (Å²) < 4.78 is 27.3. The van der Waals surface area contributed by atoms with Gasteiger partial charge >= 0.3 is 0 Å². The fourth-order valence-corrected chi connectivity index (χ4v) is 4.22. The van der Waals surface area contributed by atoms with Crippen molar-refractivity contribution in [1.82, 2.24) is 10.0 Å². The monoisotopic (exact) mass is 336 g/mol. The molecule has 1 saturated carbocycles. The average molecular weight is 337 g/mol. The predicted molar refractivity (Wildman–Crippen MR) is 81.8 cm³/mol. The standard InChI is InChI=1S/C13H18Cl2N2O2S/c1-2-16-8-10-11(14)6-7-12(13(10)15)20(18,19)17-9-4-3-5-9/h6-7,9,16-17H,2-5,8H2,1H3. The number of rotatable bonds is 6. The third-order valence-corrected chi connectivity index (χ3v) is 5.88. The quantitative estimate of drug-likeness (QED) is 0.839. The minimum absolute atomic E-state index is 0.0314. The summed E-state index contributed by atoms with van der Waals surface area (Å²) in [5, 5.41) is 3.77. The topological polar surface area (TPSA) is 58.2 Å². The van der Waals surface area contributed by atoms with Crippen LogP contribution in [0, 0.1) is 0 Å². The summed E-state index contributed by atoms with van der Waals surface area (Å²) in [5.41, 5.74) is 0.617. The average Bonchev–Trinajstić information content (AvgIpc) is 2.33. The van der Waals surface area contributed by atoms with Gasteiger partial charge in [-0.15, -0.1) is 0 Å². The fraction of sp³-hybridized carbons (Fsp3) is 0.538. The summed E-state index contributed by atoms with van der Waals surface area (Å²) in [5.74, 6) is 0. The molecule has 4 nitrogen and oxygen atoms in total. The molecule has 2 rings (SSSR count). The molecule has 0 heterocycles. The Balaban J connectivity index is 2.31. The van der Waals surface area contributed by atoms with Gasteiger partial charge in [-0.1, -0.05) is 36.5 Å². The molecule has 0 bridgehead atoms. The molecule has 1 aliphatic carbocycles. The lowest BCUT2D eigenvalue weighted by atomic mass is 9.94. The van der Waals surface area contributed by atoms with E-state index >= 15 is 0 Å². The summed E-state index contributed by atoms with van der Waals surface area (Å²) in [6.45, 7) is 3.16. The molecule has 1 fully saturated rings. The third-order valence-electron chi connectivity index (χ3n) is 3.42. The van der Waals surface area contributed by atoms with Crippen LogP contribution in [0.25, 0.3) is 0 Å². The van der Waals surface area contributed by atoms with Gasteiger partial charge in [0.15, 0.2) is 0 Å². The van der Waals surface area contributed by atoms with Crippen molar-refractivity contribution in [2.75, 3.05) is 6.54 Å². The Labute approximate surface area is 129 Å². The molecule has 7 heteroatoms. The van der Waals surface area contributed by atoms with Crippen LogP contribution >= 0.6 is 23.2 Å². The van der Waals surface area contributed by atoms with Gasteiger partial charge in [0, 0.05) is 23.2 Å². The third kappa shape index (κ3) is 3.46. The lowest BCUT2D eigenvalue weighted by molar-refractivity contribution is 0.383. The first-order valence-corrected chi connectivity index (χ1v) is 8.89. The maximum Gasteiger partial charge on any atom is 0.242 e. The van der Waals surface area contributed by atoms with Crippen LogP contribution in [-0.4, -0.2) is 21.0 Å². The number of hydrogen-bond acceptors (Lipinski definition) is 3. The smallest absolute Gasteiger partial charge is 0.242 e. The second-order valence-corrected chi connectivity index (χ2v) is 7.34. The van der Waals surface area contributed by atoms with E-state index in [0.29, 0.717) is 17.1 Å². The zero-order chi connectivity index (χ0) is 14.8. The second-order valence-electron chi connectivity index (χ2n) is 4.87. The van der Waals surface area contributed by atoms with Crippen molar-refractivity contribution >= 4 is 33.2 Å². The van der Waals surface area contributed by atoms with Crippen LogP contribution in [0.2, 0.25) is 10.0 Å². The summed E-state index contributed by atoms with van der Waals surface area (Å²) in [4.78, 5) is 0.100. The number of halogens is 2. The van der Waals surface area contributed by atoms with E-state index in [1.807, 2.05) is 6.92 Å². The molecule has 0 unspecified atom stereocenters. The Bertz CT molecular complexity index is 586. The van der Waals surface area contributed by atoms with Crippen LogP contribution in [0.4, 0.5) is 0 Å². The van der Waals surface area contributed by atoms with Gasteiger partial charge in [-0.05, 0) is 31.5 Å². The molecule has 0 aliphatic heterocycles. The highest BCUT2D eigenvalue weighted by molar-refractivity contribution is 7.89. The van der Waals surface area contributed by atoms with Crippen LogP contribution in [0.1, 0.15) is 31.7 Å². The van der Waals surface area contributed by atoms with Gasteiger partial charge in [0.25, 0.3) is 0 Å². The fourth-order valence-electron chi connectivity index (χ4n) is 2.00. The van der Waals surface area contributed by atoms with E-state index < -0.39 is 10.0 Å². The molecule has 0 spiro atoms. The van der Waals surface area contributed by atoms with E-state index in [1.165, 1.54) is 6.07 Å². The van der Waals surface area contributed by atoms with Gasteiger partial charge in [0.2, 0.25) is 10.0 Å². The minimum atomic E-state index is -3.58. The van der Waals surface area contributed by atoms with Crippen molar-refractivity contribution in [2.24, 2.45) is 0 Å². The van der Waals surface area contributed by atoms with Gasteiger partial charge in [-0.2, -0.15) is 0 Å². The highest BCUT2D eigenvalue weighted by Crippen LogP contribution is 2.32. The van der Waals surface area contributed by atoms with Crippen molar-refractivity contribution in [3.63, 3.8) is 0 Å². The second kappa shape index (κ2) is 6.62. The van der Waals surface area contributed by atoms with Crippen molar-refractivity contribution < 1.29 is 8.42 Å². The van der Waals surface area contributed by atoms with Gasteiger partial charge in [0.05, 0.1) is 5.02 Å². The molecule has 2 N–H and O–H groups in total. The summed E-state index contributed by atoms with van der Waals surface area (Å²) in [6, 6.07) is 3.07. The van der Waals surface area contributed by atoms with E-state index in [-0.39, 0.29) is 16.0 Å². The van der Waals surface area contributed by atoms with E-state index in [9.17, 15) is 8.42 Å². The van der Waals surface area contributed by atoms with Crippen LogP contribution in [0.3, 0.4) is 0 Å². The molecule has 1 aromatic rings. The van der Waals surface area contributed by atoms with Gasteiger partial charge < -0.3 is 5.32 Å². The van der Waals surface area contributed by atoms with Crippen LogP contribution in [0.15, 0.2) is 17.0 Å². The largest absolute Gasteiger partial charge is 0.313 e. The first-order chi connectivity index (χ1) is 9.45.